The lowest BCUT2D eigenvalue weighted by Crippen LogP contribution is -2.41. The average Bonchev–Trinajstić information content (AvgIpc) is 2.91. The number of hydrogen-bond acceptors (Lipinski definition) is 4. The van der Waals surface area contributed by atoms with Crippen LogP contribution in [0, 0.1) is 0 Å². The van der Waals surface area contributed by atoms with Crippen LogP contribution in [-0.2, 0) is 22.7 Å². The van der Waals surface area contributed by atoms with E-state index in [4.69, 9.17) is 4.74 Å². The molecule has 4 nitrogen and oxygen atoms in total. The van der Waals surface area contributed by atoms with Crippen molar-refractivity contribution in [1.29, 1.82) is 0 Å². The number of methoxy groups -OCH3 is 1. The molecule has 0 spiro atoms. The van der Waals surface area contributed by atoms with Crippen molar-refractivity contribution in [1.82, 2.24) is 10.6 Å². The molecule has 1 heterocycles. The predicted octanol–water partition coefficient (Wildman–Crippen LogP) is 1.53. The smallest absolute Gasteiger partial charge is 0.238 e. The van der Waals surface area contributed by atoms with Gasteiger partial charge in [0.2, 0.25) is 5.91 Å². The van der Waals surface area contributed by atoms with Gasteiger partial charge in [0, 0.05) is 25.3 Å². The largest absolute Gasteiger partial charge is 0.380 e. The molecule has 106 valence electrons. The molecule has 2 N–H and O–H groups in total. The fraction of sp³-hybridized carbons (Fsp3) is 0.462. The first kappa shape index (κ1) is 16.3. The van der Waals surface area contributed by atoms with Crippen molar-refractivity contribution >= 4 is 30.1 Å². The number of nitrogens with one attached hydrogen (secondary N) is 2. The number of rotatable bonds is 5. The molecule has 0 aliphatic carbocycles. The summed E-state index contributed by atoms with van der Waals surface area (Å²) in [5.74, 6) is 1.80. The number of halogens is 1. The van der Waals surface area contributed by atoms with Gasteiger partial charge in [-0.15, -0.1) is 24.2 Å². The monoisotopic (exact) mass is 302 g/mol. The average molecular weight is 303 g/mol. The highest BCUT2D eigenvalue weighted by Gasteiger charge is 2.21. The molecule has 1 atom stereocenters. The van der Waals surface area contributed by atoms with E-state index in [0.29, 0.717) is 13.2 Å². The van der Waals surface area contributed by atoms with Gasteiger partial charge in [-0.1, -0.05) is 24.3 Å². The Hall–Kier alpha value is -0.750. The van der Waals surface area contributed by atoms with Crippen LogP contribution >= 0.6 is 24.2 Å². The Morgan fingerprint density at radius 1 is 1.53 bits per heavy atom. The summed E-state index contributed by atoms with van der Waals surface area (Å²) in [6, 6.07) is 8.03. The van der Waals surface area contributed by atoms with E-state index in [9.17, 15) is 4.79 Å². The molecule has 1 fully saturated rings. The molecule has 0 bridgehead atoms. The third kappa shape index (κ3) is 5.03. The fourth-order valence-corrected chi connectivity index (χ4v) is 2.81. The summed E-state index contributed by atoms with van der Waals surface area (Å²) >= 11 is 1.75. The topological polar surface area (TPSA) is 50.4 Å². The van der Waals surface area contributed by atoms with Crippen molar-refractivity contribution in [2.24, 2.45) is 0 Å². The lowest BCUT2D eigenvalue weighted by molar-refractivity contribution is -0.122. The first-order valence-corrected chi connectivity index (χ1v) is 7.10. The number of carbonyl (C=O) groups is 1. The highest BCUT2D eigenvalue weighted by Crippen LogP contribution is 2.10. The van der Waals surface area contributed by atoms with Gasteiger partial charge in [-0.3, -0.25) is 10.1 Å². The van der Waals surface area contributed by atoms with Crippen LogP contribution in [0.5, 0.6) is 0 Å². The van der Waals surface area contributed by atoms with Gasteiger partial charge in [0.25, 0.3) is 0 Å². The Bertz CT molecular complexity index is 411. The van der Waals surface area contributed by atoms with Crippen LogP contribution in [0.25, 0.3) is 0 Å². The summed E-state index contributed by atoms with van der Waals surface area (Å²) in [6.45, 7) is 1.17. The molecule has 1 unspecified atom stereocenters. The van der Waals surface area contributed by atoms with E-state index >= 15 is 0 Å². The molecule has 1 amide bonds. The second kappa shape index (κ2) is 8.43. The Kier molecular flexibility index (Phi) is 7.23. The summed E-state index contributed by atoms with van der Waals surface area (Å²) in [7, 11) is 1.68. The molecule has 1 aromatic carbocycles. The normalized spacial score (nSPS) is 17.8. The maximum absolute atomic E-state index is 11.8. The van der Waals surface area contributed by atoms with Gasteiger partial charge in [-0.2, -0.15) is 0 Å². The van der Waals surface area contributed by atoms with Crippen LogP contribution < -0.4 is 10.6 Å². The molecule has 0 saturated carbocycles. The number of thioether (sulfide) groups is 1. The van der Waals surface area contributed by atoms with E-state index in [1.54, 1.807) is 18.9 Å². The molecule has 1 aliphatic rings. The van der Waals surface area contributed by atoms with E-state index in [0.717, 1.165) is 22.8 Å². The molecule has 2 rings (SSSR count). The molecule has 19 heavy (non-hydrogen) atoms. The second-order valence-corrected chi connectivity index (χ2v) is 5.27. The van der Waals surface area contributed by atoms with Crippen molar-refractivity contribution in [3.63, 3.8) is 0 Å². The van der Waals surface area contributed by atoms with Crippen LogP contribution in [0.2, 0.25) is 0 Å². The van der Waals surface area contributed by atoms with Gasteiger partial charge in [0.1, 0.15) is 0 Å². The van der Waals surface area contributed by atoms with E-state index in [2.05, 4.69) is 16.7 Å². The maximum Gasteiger partial charge on any atom is 0.238 e. The molecule has 0 radical (unpaired) electrons. The van der Waals surface area contributed by atoms with E-state index in [-0.39, 0.29) is 24.4 Å². The highest BCUT2D eigenvalue weighted by molar-refractivity contribution is 7.99. The molecule has 1 aromatic rings. The van der Waals surface area contributed by atoms with Crippen molar-refractivity contribution in [2.75, 3.05) is 18.7 Å². The molecular weight excluding hydrogens is 284 g/mol. The van der Waals surface area contributed by atoms with Gasteiger partial charge >= 0.3 is 0 Å². The van der Waals surface area contributed by atoms with E-state index in [1.165, 1.54) is 0 Å². The lowest BCUT2D eigenvalue weighted by Gasteiger charge is -2.11. The van der Waals surface area contributed by atoms with Gasteiger partial charge in [-0.05, 0) is 11.1 Å². The summed E-state index contributed by atoms with van der Waals surface area (Å²) in [4.78, 5) is 11.8. The Morgan fingerprint density at radius 3 is 3.00 bits per heavy atom. The lowest BCUT2D eigenvalue weighted by atomic mass is 10.1. The summed E-state index contributed by atoms with van der Waals surface area (Å²) < 4.78 is 5.09. The quantitative estimate of drug-likeness (QED) is 0.866. The number of benzene rings is 1. The predicted molar refractivity (Wildman–Crippen MR) is 80.5 cm³/mol. The van der Waals surface area contributed by atoms with Crippen LogP contribution in [0.15, 0.2) is 24.3 Å². The number of hydrogen-bond donors (Lipinski definition) is 2. The zero-order valence-electron chi connectivity index (χ0n) is 10.8. The SMILES string of the molecule is COCc1cccc(CNC(=O)C2CSCN2)c1.Cl. The standard InChI is InChI=1S/C13H18N2O2S.ClH/c1-17-7-11-4-2-3-10(5-11)6-14-13(16)12-8-18-9-15-12;/h2-5,12,15H,6-9H2,1H3,(H,14,16);1H. The first-order valence-electron chi connectivity index (χ1n) is 5.95. The summed E-state index contributed by atoms with van der Waals surface area (Å²) in [5, 5.41) is 6.11. The van der Waals surface area contributed by atoms with Crippen molar-refractivity contribution in [2.45, 2.75) is 19.2 Å². The molecule has 1 aliphatic heterocycles. The minimum atomic E-state index is -0.0443. The van der Waals surface area contributed by atoms with Crippen molar-refractivity contribution < 1.29 is 9.53 Å². The van der Waals surface area contributed by atoms with E-state index < -0.39 is 0 Å². The zero-order valence-corrected chi connectivity index (χ0v) is 12.5. The van der Waals surface area contributed by atoms with Crippen molar-refractivity contribution in [3.8, 4) is 0 Å². The van der Waals surface area contributed by atoms with E-state index in [1.807, 2.05) is 18.2 Å². The van der Waals surface area contributed by atoms with Gasteiger partial charge in [0.05, 0.1) is 12.6 Å². The van der Waals surface area contributed by atoms with Crippen LogP contribution in [0.4, 0.5) is 0 Å². The first-order chi connectivity index (χ1) is 8.79. The molecular formula is C13H19ClN2O2S. The number of carbonyl (C=O) groups excluding carboxylic acids is 1. The Balaban J connectivity index is 0.00000180. The minimum Gasteiger partial charge on any atom is -0.380 e. The fourth-order valence-electron chi connectivity index (χ4n) is 1.87. The summed E-state index contributed by atoms with van der Waals surface area (Å²) in [6.07, 6.45) is 0. The maximum atomic E-state index is 11.8. The van der Waals surface area contributed by atoms with Crippen LogP contribution in [0.3, 0.4) is 0 Å². The minimum absolute atomic E-state index is 0. The highest BCUT2D eigenvalue weighted by atomic mass is 35.5. The second-order valence-electron chi connectivity index (χ2n) is 4.24. The van der Waals surface area contributed by atoms with Crippen molar-refractivity contribution in [3.05, 3.63) is 35.4 Å². The molecule has 6 heteroatoms. The number of amides is 1. The van der Waals surface area contributed by atoms with Gasteiger partial charge in [-0.25, -0.2) is 0 Å². The Morgan fingerprint density at radius 2 is 2.32 bits per heavy atom. The summed E-state index contributed by atoms with van der Waals surface area (Å²) in [5.41, 5.74) is 2.22. The third-order valence-corrected chi connectivity index (χ3v) is 3.74. The van der Waals surface area contributed by atoms with Crippen LogP contribution in [-0.4, -0.2) is 30.7 Å². The molecule has 1 saturated heterocycles. The molecule has 0 aromatic heterocycles. The Labute approximate surface area is 124 Å². The number of ether oxygens (including phenoxy) is 1. The van der Waals surface area contributed by atoms with Gasteiger partial charge in [0.15, 0.2) is 0 Å². The van der Waals surface area contributed by atoms with Crippen LogP contribution in [0.1, 0.15) is 11.1 Å². The third-order valence-electron chi connectivity index (χ3n) is 2.80. The zero-order chi connectivity index (χ0) is 12.8. The van der Waals surface area contributed by atoms with Gasteiger partial charge < -0.3 is 10.1 Å².